The Kier molecular flexibility index (Phi) is 12.2. The van der Waals surface area contributed by atoms with Crippen LogP contribution < -0.4 is 15.8 Å². The molecule has 3 rings (SSSR count). The maximum atomic E-state index is 12.9. The number of carbonyl (C=O) groups excluding carboxylic acids is 1. The first kappa shape index (κ1) is 33.6. The number of benzene rings is 1. The van der Waals surface area contributed by atoms with Crippen molar-refractivity contribution in [3.8, 4) is 17.3 Å². The first-order valence-corrected chi connectivity index (χ1v) is 14.3. The van der Waals surface area contributed by atoms with Crippen LogP contribution >= 0.6 is 0 Å². The van der Waals surface area contributed by atoms with Gasteiger partial charge in [-0.25, -0.2) is 0 Å². The van der Waals surface area contributed by atoms with Gasteiger partial charge in [-0.3, -0.25) is 4.79 Å². The molecule has 2 N–H and O–H groups in total. The number of nitriles is 1. The Morgan fingerprint density at radius 3 is 2.29 bits per heavy atom. The number of likely N-dealkylation sites (N-methyl/N-ethyl adjacent to an activating group) is 1. The van der Waals surface area contributed by atoms with Crippen molar-refractivity contribution in [3.63, 3.8) is 0 Å². The molecule has 0 bridgehead atoms. The number of aromatic nitrogens is 1. The highest BCUT2D eigenvalue weighted by Gasteiger charge is 2.24. The molecule has 41 heavy (non-hydrogen) atoms. The van der Waals surface area contributed by atoms with Crippen LogP contribution in [0.25, 0.3) is 29.5 Å². The van der Waals surface area contributed by atoms with E-state index in [0.29, 0.717) is 12.0 Å². The van der Waals surface area contributed by atoms with Crippen molar-refractivity contribution in [1.29, 1.82) is 5.26 Å². The molecule has 0 radical (unpaired) electrons. The molecular weight excluding hydrogens is 510 g/mol. The third-order valence-corrected chi connectivity index (χ3v) is 7.08. The standard InChI is InChI=1S/C30H39N5O2.C4H10/c1-21-18-25(9-8-24(21)19-22(2)35-15-13-33(6)14-16-35)28-11-10-27(34(28)7)23(3)26(20-31)29(37)32-30(4,5)12-17-36;1-4(2)3/h8-11,18-19,36H,1-2,12-17H2,3-7H3,(H,32,37);4H,1-3H3/b24-19-,26-23+;. The minimum atomic E-state index is -0.619. The van der Waals surface area contributed by atoms with Gasteiger partial charge in [0, 0.05) is 62.5 Å². The lowest BCUT2D eigenvalue weighted by Gasteiger charge is -2.34. The topological polar surface area (TPSA) is 84.5 Å². The zero-order valence-electron chi connectivity index (χ0n) is 26.3. The highest BCUT2D eigenvalue weighted by atomic mass is 16.3. The second-order valence-electron chi connectivity index (χ2n) is 12.2. The first-order chi connectivity index (χ1) is 19.2. The number of aliphatic hydroxyl groups excluding tert-OH is 1. The average molecular weight is 560 g/mol. The Labute approximate surface area is 246 Å². The number of allylic oxidation sites excluding steroid dienone is 2. The van der Waals surface area contributed by atoms with Crippen molar-refractivity contribution >= 4 is 24.1 Å². The minimum absolute atomic E-state index is 0.0478. The quantitative estimate of drug-likeness (QED) is 0.379. The number of aliphatic hydroxyl groups is 1. The molecule has 0 unspecified atom stereocenters. The fourth-order valence-electron chi connectivity index (χ4n) is 4.59. The third-order valence-electron chi connectivity index (χ3n) is 7.08. The van der Waals surface area contributed by atoms with Crippen LogP contribution in [-0.4, -0.2) is 70.8 Å². The number of nitrogens with one attached hydrogen (secondary N) is 1. The van der Waals surface area contributed by atoms with Crippen molar-refractivity contribution in [3.05, 3.63) is 64.3 Å². The van der Waals surface area contributed by atoms with Crippen LogP contribution in [0.2, 0.25) is 0 Å². The molecule has 0 spiro atoms. The Morgan fingerprint density at radius 2 is 1.76 bits per heavy atom. The SMILES string of the molecule is C=C(/C=c1/ccc(-c2ccc(/C(C)=C(\C#N)C(=O)NC(C)(C)CCO)n2C)cc1=C)N1CCN(C)CC1.CC(C)C. The van der Waals surface area contributed by atoms with Crippen molar-refractivity contribution in [2.45, 2.75) is 53.5 Å². The van der Waals surface area contributed by atoms with Crippen LogP contribution in [0, 0.1) is 17.2 Å². The summed E-state index contributed by atoms with van der Waals surface area (Å²) in [5.41, 5.74) is 3.78. The molecule has 1 aromatic carbocycles. The summed E-state index contributed by atoms with van der Waals surface area (Å²) in [4.78, 5) is 17.5. The third kappa shape index (κ3) is 9.48. The van der Waals surface area contributed by atoms with Gasteiger partial charge in [-0.15, -0.1) is 0 Å². The number of hydrogen-bond acceptors (Lipinski definition) is 5. The van der Waals surface area contributed by atoms with E-state index < -0.39 is 11.4 Å². The smallest absolute Gasteiger partial charge is 0.262 e. The lowest BCUT2D eigenvalue weighted by Crippen LogP contribution is -2.44. The van der Waals surface area contributed by atoms with Gasteiger partial charge in [-0.1, -0.05) is 46.1 Å². The summed E-state index contributed by atoms with van der Waals surface area (Å²) in [7, 11) is 4.06. The van der Waals surface area contributed by atoms with E-state index in [1.807, 2.05) is 37.6 Å². The molecular formula is C34H49N5O2. The fourth-order valence-corrected chi connectivity index (χ4v) is 4.59. The molecule has 2 heterocycles. The Bertz CT molecular complexity index is 1400. The molecule has 7 nitrogen and oxygen atoms in total. The van der Waals surface area contributed by atoms with Crippen molar-refractivity contribution in [2.24, 2.45) is 13.0 Å². The van der Waals surface area contributed by atoms with E-state index in [-0.39, 0.29) is 12.2 Å². The number of piperazine rings is 1. The van der Waals surface area contributed by atoms with Crippen LogP contribution in [0.1, 0.15) is 53.7 Å². The largest absolute Gasteiger partial charge is 0.396 e. The van der Waals surface area contributed by atoms with Gasteiger partial charge in [-0.2, -0.15) is 5.26 Å². The maximum Gasteiger partial charge on any atom is 0.262 e. The lowest BCUT2D eigenvalue weighted by atomic mass is 9.99. The van der Waals surface area contributed by atoms with E-state index in [0.717, 1.165) is 65.2 Å². The predicted molar refractivity (Wildman–Crippen MR) is 171 cm³/mol. The van der Waals surface area contributed by atoms with Gasteiger partial charge >= 0.3 is 0 Å². The summed E-state index contributed by atoms with van der Waals surface area (Å²) in [5, 5.41) is 23.8. The molecule has 0 aliphatic carbocycles. The zero-order chi connectivity index (χ0) is 30.9. The Balaban J connectivity index is 0.00000138. The summed E-state index contributed by atoms with van der Waals surface area (Å²) in [6.45, 7) is 24.4. The Morgan fingerprint density at radius 1 is 1.15 bits per heavy atom. The van der Waals surface area contributed by atoms with E-state index >= 15 is 0 Å². The van der Waals surface area contributed by atoms with Gasteiger partial charge in [0.25, 0.3) is 5.91 Å². The Hall–Kier alpha value is -3.60. The maximum absolute atomic E-state index is 12.9. The summed E-state index contributed by atoms with van der Waals surface area (Å²) < 4.78 is 1.99. The average Bonchev–Trinajstić information content (AvgIpc) is 3.26. The van der Waals surface area contributed by atoms with E-state index in [1.165, 1.54) is 0 Å². The first-order valence-electron chi connectivity index (χ1n) is 14.3. The zero-order valence-corrected chi connectivity index (χ0v) is 26.3. The predicted octanol–water partition coefficient (Wildman–Crippen LogP) is 3.88. The highest BCUT2D eigenvalue weighted by molar-refractivity contribution is 6.04. The molecule has 1 aliphatic heterocycles. The van der Waals surface area contributed by atoms with Gasteiger partial charge in [0.15, 0.2) is 0 Å². The molecule has 1 aliphatic rings. The van der Waals surface area contributed by atoms with Crippen molar-refractivity contribution in [2.75, 3.05) is 39.8 Å². The highest BCUT2D eigenvalue weighted by Crippen LogP contribution is 2.26. The summed E-state index contributed by atoms with van der Waals surface area (Å²) in [5.74, 6) is 0.390. The van der Waals surface area contributed by atoms with Gasteiger partial charge in [0.2, 0.25) is 0 Å². The molecule has 222 valence electrons. The van der Waals surface area contributed by atoms with Crippen LogP contribution in [0.15, 0.2) is 48.2 Å². The van der Waals surface area contributed by atoms with Gasteiger partial charge in [0.1, 0.15) is 11.6 Å². The second kappa shape index (κ2) is 14.9. The van der Waals surface area contributed by atoms with Crippen LogP contribution in [0.4, 0.5) is 0 Å². The number of carbonyl (C=O) groups is 1. The number of amides is 1. The van der Waals surface area contributed by atoms with E-state index in [4.69, 9.17) is 0 Å². The van der Waals surface area contributed by atoms with Crippen LogP contribution in [0.3, 0.4) is 0 Å². The lowest BCUT2D eigenvalue weighted by molar-refractivity contribution is -0.118. The molecule has 1 amide bonds. The number of hydrogen-bond donors (Lipinski definition) is 2. The van der Waals surface area contributed by atoms with Crippen molar-refractivity contribution < 1.29 is 9.90 Å². The van der Waals surface area contributed by atoms with Gasteiger partial charge < -0.3 is 24.8 Å². The minimum Gasteiger partial charge on any atom is -0.396 e. The van der Waals surface area contributed by atoms with E-state index in [9.17, 15) is 15.2 Å². The van der Waals surface area contributed by atoms with Gasteiger partial charge in [-0.05, 0) is 86.0 Å². The molecule has 0 saturated carbocycles. The monoisotopic (exact) mass is 559 g/mol. The van der Waals surface area contributed by atoms with Gasteiger partial charge in [0.05, 0.1) is 0 Å². The van der Waals surface area contributed by atoms with Crippen molar-refractivity contribution in [1.82, 2.24) is 19.7 Å². The van der Waals surface area contributed by atoms with E-state index in [1.54, 1.807) is 6.92 Å². The van der Waals surface area contributed by atoms with E-state index in [2.05, 4.69) is 86.4 Å². The second-order valence-corrected chi connectivity index (χ2v) is 12.2. The number of nitrogens with zero attached hydrogens (tertiary/aromatic N) is 4. The number of rotatable bonds is 8. The summed E-state index contributed by atoms with van der Waals surface area (Å²) >= 11 is 0. The molecule has 1 aromatic heterocycles. The fraction of sp³-hybridized carbons (Fsp3) is 0.471. The molecule has 1 fully saturated rings. The molecule has 1 saturated heterocycles. The summed E-state index contributed by atoms with van der Waals surface area (Å²) in [6.07, 6.45) is 2.49. The van der Waals surface area contributed by atoms with Crippen LogP contribution in [-0.2, 0) is 11.8 Å². The van der Waals surface area contributed by atoms with Crippen LogP contribution in [0.5, 0.6) is 0 Å². The normalized spacial score (nSPS) is 15.1. The molecule has 2 aromatic rings. The molecule has 0 atom stereocenters. The summed E-state index contributed by atoms with van der Waals surface area (Å²) in [6, 6.07) is 12.2. The molecule has 7 heteroatoms.